The van der Waals surface area contributed by atoms with Crippen LogP contribution in [0.3, 0.4) is 0 Å². The minimum Gasteiger partial charge on any atom is -0.375 e. The number of rotatable bonds is 1. The predicted molar refractivity (Wildman–Crippen MR) is 54.0 cm³/mol. The Bertz CT molecular complexity index is 211. The molecule has 0 aromatic heterocycles. The lowest BCUT2D eigenvalue weighted by Crippen LogP contribution is -2.46. The molecule has 2 rings (SSSR count). The van der Waals surface area contributed by atoms with E-state index in [0.717, 1.165) is 32.5 Å². The maximum Gasteiger partial charge on any atom is 0.222 e. The van der Waals surface area contributed by atoms with Crippen LogP contribution in [0.4, 0.5) is 0 Å². The Labute approximate surface area is 85.4 Å². The van der Waals surface area contributed by atoms with Gasteiger partial charge >= 0.3 is 0 Å². The molecule has 2 aliphatic heterocycles. The molecule has 0 saturated carbocycles. The van der Waals surface area contributed by atoms with Crippen molar-refractivity contribution in [3.8, 4) is 0 Å². The van der Waals surface area contributed by atoms with Crippen molar-refractivity contribution in [3.05, 3.63) is 0 Å². The molecule has 2 aliphatic rings. The zero-order valence-electron chi connectivity index (χ0n) is 8.92. The molecule has 1 spiro atoms. The van der Waals surface area contributed by atoms with Crippen LogP contribution in [0.5, 0.6) is 0 Å². The molecule has 0 radical (unpaired) electrons. The summed E-state index contributed by atoms with van der Waals surface area (Å²) in [4.78, 5) is 13.4. The second kappa shape index (κ2) is 3.89. The van der Waals surface area contributed by atoms with E-state index in [1.165, 1.54) is 12.8 Å². The van der Waals surface area contributed by atoms with Gasteiger partial charge in [0.15, 0.2) is 0 Å². The Hall–Kier alpha value is -0.570. The third kappa shape index (κ3) is 1.78. The lowest BCUT2D eigenvalue weighted by molar-refractivity contribution is -0.135. The molecule has 1 amide bonds. The highest BCUT2D eigenvalue weighted by Gasteiger charge is 2.38. The van der Waals surface area contributed by atoms with Crippen LogP contribution in [-0.4, -0.2) is 36.1 Å². The van der Waals surface area contributed by atoms with E-state index in [9.17, 15) is 4.79 Å². The van der Waals surface area contributed by atoms with E-state index in [1.807, 2.05) is 11.8 Å². The van der Waals surface area contributed by atoms with E-state index in [-0.39, 0.29) is 11.5 Å². The van der Waals surface area contributed by atoms with E-state index in [4.69, 9.17) is 4.74 Å². The average molecular weight is 197 g/mol. The fourth-order valence-corrected chi connectivity index (χ4v) is 2.54. The third-order valence-corrected chi connectivity index (χ3v) is 3.51. The molecule has 2 fully saturated rings. The number of hydrogen-bond donors (Lipinski definition) is 0. The predicted octanol–water partition coefficient (Wildman–Crippen LogP) is 1.57. The standard InChI is InChI=1S/C11H19NO2/c1-2-10(13)12-7-5-11(6-8-12)4-3-9-14-11/h2-9H2,1H3. The summed E-state index contributed by atoms with van der Waals surface area (Å²) < 4.78 is 5.81. The molecule has 2 saturated heterocycles. The molecular formula is C11H19NO2. The Morgan fingerprint density at radius 1 is 1.36 bits per heavy atom. The number of nitrogens with zero attached hydrogens (tertiary/aromatic N) is 1. The molecular weight excluding hydrogens is 178 g/mol. The number of hydrogen-bond acceptors (Lipinski definition) is 2. The highest BCUT2D eigenvalue weighted by Crippen LogP contribution is 2.35. The van der Waals surface area contributed by atoms with Crippen LogP contribution >= 0.6 is 0 Å². The molecule has 0 bridgehead atoms. The largest absolute Gasteiger partial charge is 0.375 e. The lowest BCUT2D eigenvalue weighted by atomic mass is 9.88. The van der Waals surface area contributed by atoms with E-state index in [2.05, 4.69) is 0 Å². The maximum atomic E-state index is 11.5. The molecule has 0 aliphatic carbocycles. The van der Waals surface area contributed by atoms with Gasteiger partial charge in [-0.15, -0.1) is 0 Å². The maximum absolute atomic E-state index is 11.5. The molecule has 0 unspecified atom stereocenters. The Morgan fingerprint density at radius 3 is 2.57 bits per heavy atom. The summed E-state index contributed by atoms with van der Waals surface area (Å²) in [5.74, 6) is 0.290. The molecule has 3 nitrogen and oxygen atoms in total. The van der Waals surface area contributed by atoms with Crippen molar-refractivity contribution < 1.29 is 9.53 Å². The van der Waals surface area contributed by atoms with Gasteiger partial charge in [0, 0.05) is 26.1 Å². The first kappa shape index (κ1) is 9.97. The smallest absolute Gasteiger partial charge is 0.222 e. The van der Waals surface area contributed by atoms with Crippen molar-refractivity contribution in [1.29, 1.82) is 0 Å². The highest BCUT2D eigenvalue weighted by atomic mass is 16.5. The molecule has 0 N–H and O–H groups in total. The van der Waals surface area contributed by atoms with E-state index in [1.54, 1.807) is 0 Å². The number of ether oxygens (including phenoxy) is 1. The van der Waals surface area contributed by atoms with Crippen molar-refractivity contribution in [1.82, 2.24) is 4.90 Å². The molecule has 0 atom stereocenters. The second-order valence-electron chi connectivity index (χ2n) is 4.37. The molecule has 14 heavy (non-hydrogen) atoms. The van der Waals surface area contributed by atoms with E-state index < -0.39 is 0 Å². The summed E-state index contributed by atoms with van der Waals surface area (Å²) in [5.41, 5.74) is 0.143. The fraction of sp³-hybridized carbons (Fsp3) is 0.909. The zero-order valence-corrected chi connectivity index (χ0v) is 8.92. The van der Waals surface area contributed by atoms with Crippen LogP contribution in [0.1, 0.15) is 39.0 Å². The summed E-state index contributed by atoms with van der Waals surface area (Å²) in [5, 5.41) is 0. The number of amides is 1. The number of likely N-dealkylation sites (tertiary alicyclic amines) is 1. The fourth-order valence-electron chi connectivity index (χ4n) is 2.54. The van der Waals surface area contributed by atoms with Gasteiger partial charge in [-0.2, -0.15) is 0 Å². The van der Waals surface area contributed by atoms with Crippen molar-refractivity contribution in [3.63, 3.8) is 0 Å². The number of carbonyl (C=O) groups is 1. The van der Waals surface area contributed by atoms with Crippen molar-refractivity contribution >= 4 is 5.91 Å². The first-order valence-corrected chi connectivity index (χ1v) is 5.67. The van der Waals surface area contributed by atoms with Crippen LogP contribution in [-0.2, 0) is 9.53 Å². The van der Waals surface area contributed by atoms with Gasteiger partial charge in [-0.1, -0.05) is 6.92 Å². The zero-order chi connectivity index (χ0) is 10.0. The van der Waals surface area contributed by atoms with Gasteiger partial charge < -0.3 is 9.64 Å². The molecule has 0 aromatic carbocycles. The van der Waals surface area contributed by atoms with Crippen LogP contribution in [0, 0.1) is 0 Å². The van der Waals surface area contributed by atoms with Gasteiger partial charge in [-0.05, 0) is 25.7 Å². The summed E-state index contributed by atoms with van der Waals surface area (Å²) in [6.45, 7) is 4.64. The van der Waals surface area contributed by atoms with E-state index >= 15 is 0 Å². The van der Waals surface area contributed by atoms with Gasteiger partial charge in [0.1, 0.15) is 0 Å². The number of carbonyl (C=O) groups excluding carboxylic acids is 1. The first-order chi connectivity index (χ1) is 6.76. The summed E-state index contributed by atoms with van der Waals surface area (Å²) in [6.07, 6.45) is 5.11. The SMILES string of the molecule is CCC(=O)N1CCC2(CCCO2)CC1. The average Bonchev–Trinajstić information content (AvgIpc) is 2.67. The van der Waals surface area contributed by atoms with Crippen molar-refractivity contribution in [2.75, 3.05) is 19.7 Å². The molecule has 2 heterocycles. The quantitative estimate of drug-likeness (QED) is 0.638. The van der Waals surface area contributed by atoms with Gasteiger partial charge in [0.2, 0.25) is 5.91 Å². The Morgan fingerprint density at radius 2 is 2.07 bits per heavy atom. The Balaban J connectivity index is 1.88. The summed E-state index contributed by atoms with van der Waals surface area (Å²) in [7, 11) is 0. The van der Waals surface area contributed by atoms with E-state index in [0.29, 0.717) is 6.42 Å². The van der Waals surface area contributed by atoms with Gasteiger partial charge in [0.05, 0.1) is 5.60 Å². The molecule has 0 aromatic rings. The minimum absolute atomic E-state index is 0.143. The Kier molecular flexibility index (Phi) is 2.77. The van der Waals surface area contributed by atoms with Crippen LogP contribution in [0.25, 0.3) is 0 Å². The monoisotopic (exact) mass is 197 g/mol. The van der Waals surface area contributed by atoms with Crippen molar-refractivity contribution in [2.24, 2.45) is 0 Å². The van der Waals surface area contributed by atoms with Crippen molar-refractivity contribution in [2.45, 2.75) is 44.6 Å². The third-order valence-electron chi connectivity index (χ3n) is 3.51. The van der Waals surface area contributed by atoms with Crippen LogP contribution < -0.4 is 0 Å². The van der Waals surface area contributed by atoms with Gasteiger partial charge in [0.25, 0.3) is 0 Å². The summed E-state index contributed by atoms with van der Waals surface area (Å²) in [6, 6.07) is 0. The summed E-state index contributed by atoms with van der Waals surface area (Å²) >= 11 is 0. The van der Waals surface area contributed by atoms with Crippen LogP contribution in [0.15, 0.2) is 0 Å². The normalized spacial score (nSPS) is 25.6. The van der Waals surface area contributed by atoms with Gasteiger partial charge in [-0.3, -0.25) is 4.79 Å². The van der Waals surface area contributed by atoms with Gasteiger partial charge in [-0.25, -0.2) is 0 Å². The lowest BCUT2D eigenvalue weighted by Gasteiger charge is -2.38. The minimum atomic E-state index is 0.143. The topological polar surface area (TPSA) is 29.5 Å². The first-order valence-electron chi connectivity index (χ1n) is 5.67. The highest BCUT2D eigenvalue weighted by molar-refractivity contribution is 5.75. The number of piperidine rings is 1. The molecule has 80 valence electrons. The second-order valence-corrected chi connectivity index (χ2v) is 4.37. The van der Waals surface area contributed by atoms with Crippen LogP contribution in [0.2, 0.25) is 0 Å². The molecule has 3 heteroatoms.